The van der Waals surface area contributed by atoms with Gasteiger partial charge in [-0.2, -0.15) is 9.52 Å². The molecule has 1 atom stereocenters. The largest absolute Gasteiger partial charge is 0.344 e. The number of piperazine rings is 1. The van der Waals surface area contributed by atoms with Crippen LogP contribution in [0.1, 0.15) is 31.2 Å². The molecule has 1 aliphatic carbocycles. The second-order valence-electron chi connectivity index (χ2n) is 12.8. The van der Waals surface area contributed by atoms with Crippen LogP contribution >= 0.6 is 0 Å². The topological polar surface area (TPSA) is 192 Å². The van der Waals surface area contributed by atoms with Gasteiger partial charge in [-0.15, -0.1) is 10.2 Å². The minimum absolute atomic E-state index is 0.135. The number of rotatable bonds is 11. The molecule has 3 heterocycles. The summed E-state index contributed by atoms with van der Waals surface area (Å²) in [6, 6.07) is 15.4. The summed E-state index contributed by atoms with van der Waals surface area (Å²) in [6.07, 6.45) is 6.56. The highest BCUT2D eigenvalue weighted by Crippen LogP contribution is 2.29. The first-order chi connectivity index (χ1) is 23.7. The third-order valence-corrected chi connectivity index (χ3v) is 11.3. The van der Waals surface area contributed by atoms with Crippen molar-refractivity contribution in [2.45, 2.75) is 43.0 Å². The molecule has 2 aromatic carbocycles. The zero-order chi connectivity index (χ0) is 34.4. The van der Waals surface area contributed by atoms with Gasteiger partial charge in [0.1, 0.15) is 10.9 Å². The number of amides is 2. The Morgan fingerprint density at radius 2 is 1.63 bits per heavy atom. The molecular formula is C34H42N10O4S. The first-order valence-electron chi connectivity index (χ1n) is 16.6. The van der Waals surface area contributed by atoms with E-state index < -0.39 is 16.1 Å². The number of hydrogen-bond donors (Lipinski definition) is 4. The lowest BCUT2D eigenvalue weighted by Crippen LogP contribution is -2.48. The zero-order valence-electron chi connectivity index (χ0n) is 27.5. The minimum Gasteiger partial charge on any atom is -0.344 e. The number of benzene rings is 2. The van der Waals surface area contributed by atoms with Crippen molar-refractivity contribution in [3.05, 3.63) is 72.6 Å². The fourth-order valence-corrected chi connectivity index (χ4v) is 7.75. The number of H-pyrrole nitrogens is 1. The number of likely N-dealkylation sites (N-methyl/N-ethyl adjacent to an activating group) is 1. The molecule has 1 saturated carbocycles. The van der Waals surface area contributed by atoms with E-state index in [9.17, 15) is 18.0 Å². The minimum atomic E-state index is -3.67. The Morgan fingerprint density at radius 3 is 2.29 bits per heavy atom. The third-order valence-electron chi connectivity index (χ3n) is 9.48. The van der Waals surface area contributed by atoms with Crippen LogP contribution in [0.5, 0.6) is 0 Å². The highest BCUT2D eigenvalue weighted by atomic mass is 32.2. The van der Waals surface area contributed by atoms with Gasteiger partial charge >= 0.3 is 0 Å². The third kappa shape index (κ3) is 8.36. The van der Waals surface area contributed by atoms with Crippen molar-refractivity contribution in [2.24, 2.45) is 17.6 Å². The van der Waals surface area contributed by atoms with E-state index in [-0.39, 0.29) is 29.0 Å². The molecule has 0 spiro atoms. The summed E-state index contributed by atoms with van der Waals surface area (Å²) in [6.45, 7) is 2.84. The number of hydrogen-bond acceptors (Lipinski definition) is 10. The van der Waals surface area contributed by atoms with E-state index in [1.165, 1.54) is 10.5 Å². The summed E-state index contributed by atoms with van der Waals surface area (Å²) in [4.78, 5) is 33.6. The van der Waals surface area contributed by atoms with Gasteiger partial charge in [0.05, 0.1) is 0 Å². The second kappa shape index (κ2) is 15.3. The van der Waals surface area contributed by atoms with Crippen LogP contribution in [0.3, 0.4) is 0 Å². The van der Waals surface area contributed by atoms with Crippen molar-refractivity contribution in [1.82, 2.24) is 40.1 Å². The molecule has 6 rings (SSSR count). The zero-order valence-corrected chi connectivity index (χ0v) is 28.3. The summed E-state index contributed by atoms with van der Waals surface area (Å²) in [7, 11) is -1.69. The van der Waals surface area contributed by atoms with E-state index in [0.717, 1.165) is 42.4 Å². The summed E-state index contributed by atoms with van der Waals surface area (Å²) in [5, 5.41) is 19.9. The Bertz CT molecular complexity index is 1820. The van der Waals surface area contributed by atoms with E-state index in [4.69, 9.17) is 5.73 Å². The molecule has 15 heteroatoms. The number of anilines is 1. The lowest BCUT2D eigenvalue weighted by Gasteiger charge is -2.31. The quantitative estimate of drug-likeness (QED) is 0.182. The molecule has 258 valence electrons. The van der Waals surface area contributed by atoms with Gasteiger partial charge in [-0.3, -0.25) is 14.6 Å². The molecule has 0 radical (unpaired) electrons. The van der Waals surface area contributed by atoms with Crippen LogP contribution in [0.15, 0.2) is 71.9 Å². The predicted octanol–water partition coefficient (Wildman–Crippen LogP) is 2.30. The van der Waals surface area contributed by atoms with Gasteiger partial charge in [-0.1, -0.05) is 24.3 Å². The highest BCUT2D eigenvalue weighted by Gasteiger charge is 2.30. The maximum atomic E-state index is 13.7. The molecule has 14 nitrogen and oxygen atoms in total. The maximum Gasteiger partial charge on any atom is 0.247 e. The molecule has 5 N–H and O–H groups in total. The molecule has 4 aromatic rings. The van der Waals surface area contributed by atoms with Crippen molar-refractivity contribution in [3.8, 4) is 22.5 Å². The number of carbonyl (C=O) groups excluding carboxylic acids is 2. The molecule has 2 fully saturated rings. The summed E-state index contributed by atoms with van der Waals surface area (Å²) < 4.78 is 28.2. The van der Waals surface area contributed by atoms with Gasteiger partial charge in [0, 0.05) is 67.7 Å². The lowest BCUT2D eigenvalue weighted by atomic mass is 9.81. The molecular weight excluding hydrogens is 645 g/mol. The number of nitrogens with two attached hydrogens (primary N) is 1. The molecule has 0 unspecified atom stereocenters. The Kier molecular flexibility index (Phi) is 10.7. The number of nitrogens with one attached hydrogen (secondary N) is 3. The number of aromatic amines is 1. The van der Waals surface area contributed by atoms with Crippen molar-refractivity contribution in [1.29, 1.82) is 0 Å². The van der Waals surface area contributed by atoms with E-state index >= 15 is 0 Å². The fourth-order valence-electron chi connectivity index (χ4n) is 6.34. The molecule has 2 amide bonds. The normalized spacial score (nSPS) is 19.6. The van der Waals surface area contributed by atoms with Crippen LogP contribution in [0.25, 0.3) is 22.5 Å². The number of nitrogens with zero attached hydrogens (tertiary/aromatic N) is 6. The average molecular weight is 687 g/mol. The van der Waals surface area contributed by atoms with E-state index in [0.29, 0.717) is 55.7 Å². The van der Waals surface area contributed by atoms with Gasteiger partial charge in [0.15, 0.2) is 0 Å². The Morgan fingerprint density at radius 1 is 0.939 bits per heavy atom. The first kappa shape index (κ1) is 34.3. The SMILES string of the molecule is CN1CCN(S(=O)(=O)c2cncc(-c3ccc(C[C@H](NC(=O)C4CCC(CN)CC4)C(=O)Nc4ccc(-c5nn[nH]n5)cc4)cc3)c2)CC1. The lowest BCUT2D eigenvalue weighted by molar-refractivity contribution is -0.130. The van der Waals surface area contributed by atoms with Gasteiger partial charge in [-0.05, 0) is 91.9 Å². The van der Waals surface area contributed by atoms with Crippen molar-refractivity contribution in [3.63, 3.8) is 0 Å². The fraction of sp³-hybridized carbons (Fsp3) is 0.412. The summed E-state index contributed by atoms with van der Waals surface area (Å²) in [5.41, 5.74) is 9.44. The average Bonchev–Trinajstić information content (AvgIpc) is 3.68. The first-order valence-corrected chi connectivity index (χ1v) is 18.0. The number of pyridine rings is 1. The van der Waals surface area contributed by atoms with E-state index in [2.05, 4.69) is 41.1 Å². The molecule has 2 aromatic heterocycles. The summed E-state index contributed by atoms with van der Waals surface area (Å²) in [5.74, 6) is 0.224. The molecule has 1 aliphatic heterocycles. The predicted molar refractivity (Wildman–Crippen MR) is 184 cm³/mol. The van der Waals surface area contributed by atoms with Crippen LogP contribution in [-0.2, 0) is 26.0 Å². The Labute approximate surface area is 285 Å². The van der Waals surface area contributed by atoms with Crippen molar-refractivity contribution >= 4 is 27.5 Å². The highest BCUT2D eigenvalue weighted by molar-refractivity contribution is 7.89. The van der Waals surface area contributed by atoms with Crippen LogP contribution in [0, 0.1) is 11.8 Å². The van der Waals surface area contributed by atoms with Crippen LogP contribution < -0.4 is 16.4 Å². The maximum absolute atomic E-state index is 13.7. The van der Waals surface area contributed by atoms with Crippen LogP contribution in [-0.4, -0.2) is 101 Å². The molecule has 1 saturated heterocycles. The number of tetrazole rings is 1. The van der Waals surface area contributed by atoms with Gasteiger partial charge in [-0.25, -0.2) is 8.42 Å². The molecule has 49 heavy (non-hydrogen) atoms. The monoisotopic (exact) mass is 686 g/mol. The number of aromatic nitrogens is 5. The van der Waals surface area contributed by atoms with E-state index in [1.807, 2.05) is 31.3 Å². The Hall–Kier alpha value is -4.57. The number of sulfonamides is 1. The Balaban J connectivity index is 1.17. The smallest absolute Gasteiger partial charge is 0.247 e. The van der Waals surface area contributed by atoms with Gasteiger partial charge < -0.3 is 21.3 Å². The van der Waals surface area contributed by atoms with Gasteiger partial charge in [0.2, 0.25) is 27.7 Å². The van der Waals surface area contributed by atoms with E-state index in [1.54, 1.807) is 36.5 Å². The number of carbonyl (C=O) groups is 2. The molecule has 2 aliphatic rings. The van der Waals surface area contributed by atoms with Gasteiger partial charge in [0.25, 0.3) is 0 Å². The van der Waals surface area contributed by atoms with Crippen LogP contribution in [0.2, 0.25) is 0 Å². The molecule has 0 bridgehead atoms. The second-order valence-corrected chi connectivity index (χ2v) is 14.8. The van der Waals surface area contributed by atoms with Crippen LogP contribution in [0.4, 0.5) is 5.69 Å². The summed E-state index contributed by atoms with van der Waals surface area (Å²) >= 11 is 0. The van der Waals surface area contributed by atoms with Crippen molar-refractivity contribution < 1.29 is 18.0 Å². The standard InChI is InChI=1S/C34H42N10O4S/c1-43-14-16-44(17-15-43)49(47,48)30-19-28(21-36-22-30)25-6-2-23(3-7-25)18-31(38-33(45)27-8-4-24(20-35)5-9-27)34(46)37-29-12-10-26(11-13-29)32-39-41-42-40-32/h2-3,6-7,10-13,19,21-22,24,27,31H,4-5,8-9,14-18,20,35H2,1H3,(H,37,46)(H,38,45)(H,39,40,41,42)/t24?,27?,31-/m0/s1. The van der Waals surface area contributed by atoms with Crippen molar-refractivity contribution in [2.75, 3.05) is 45.1 Å².